The molecule has 0 aliphatic carbocycles. The first-order valence-electron chi connectivity index (χ1n) is 11.2. The van der Waals surface area contributed by atoms with Crippen LogP contribution in [-0.4, -0.2) is 28.6 Å². The number of unbranched alkanes of at least 4 members (excludes halogenated alkanes) is 7. The summed E-state index contributed by atoms with van der Waals surface area (Å²) in [6, 6.07) is 8.32. The lowest BCUT2D eigenvalue weighted by Crippen LogP contribution is -2.52. The number of rotatable bonds is 13. The van der Waals surface area contributed by atoms with Gasteiger partial charge in [-0.15, -0.1) is 0 Å². The van der Waals surface area contributed by atoms with Gasteiger partial charge >= 0.3 is 0 Å². The maximum absolute atomic E-state index is 11.8. The molecule has 1 saturated heterocycles. The number of carbonyl (C=O) groups is 1. The molecule has 1 amide bonds. The van der Waals surface area contributed by atoms with Crippen molar-refractivity contribution in [2.45, 2.75) is 83.7 Å². The first-order valence-corrected chi connectivity index (χ1v) is 11.2. The first-order chi connectivity index (χ1) is 14.3. The Morgan fingerprint density at radius 2 is 1.79 bits per heavy atom. The van der Waals surface area contributed by atoms with Crippen LogP contribution >= 0.6 is 0 Å². The summed E-state index contributed by atoms with van der Waals surface area (Å²) < 4.78 is 5.26. The van der Waals surface area contributed by atoms with Gasteiger partial charge in [0.1, 0.15) is 0 Å². The van der Waals surface area contributed by atoms with Gasteiger partial charge in [-0.1, -0.05) is 81.3 Å². The van der Waals surface area contributed by atoms with E-state index < -0.39 is 0 Å². The molecule has 1 fully saturated rings. The van der Waals surface area contributed by atoms with Crippen LogP contribution in [0.4, 0.5) is 0 Å². The largest absolute Gasteiger partial charge is 0.346 e. The molecule has 2 aromatic rings. The normalized spacial score (nSPS) is 15.8. The van der Waals surface area contributed by atoms with E-state index in [0.717, 1.165) is 24.9 Å². The highest BCUT2D eigenvalue weighted by molar-refractivity contribution is 5.82. The highest BCUT2D eigenvalue weighted by Crippen LogP contribution is 2.18. The van der Waals surface area contributed by atoms with Crippen molar-refractivity contribution in [2.75, 3.05) is 6.54 Å². The summed E-state index contributed by atoms with van der Waals surface area (Å²) in [5.74, 6) is 0.978. The number of hydrogen-bond acceptors (Lipinski definition) is 5. The van der Waals surface area contributed by atoms with Gasteiger partial charge in [-0.3, -0.25) is 4.79 Å². The SMILES string of the molecule is CCCCCCCCCCc1ccc(-c2noc(CNC(=O)[C@@H]3CCN3)n2)cc1. The lowest BCUT2D eigenvalue weighted by atomic mass is 10.0. The lowest BCUT2D eigenvalue weighted by molar-refractivity contribution is -0.125. The van der Waals surface area contributed by atoms with Gasteiger partial charge in [-0.25, -0.2) is 0 Å². The molecule has 6 heteroatoms. The zero-order valence-electron chi connectivity index (χ0n) is 17.6. The number of nitrogens with zero attached hydrogens (tertiary/aromatic N) is 2. The van der Waals surface area contributed by atoms with E-state index in [1.807, 2.05) is 12.1 Å². The highest BCUT2D eigenvalue weighted by Gasteiger charge is 2.24. The van der Waals surface area contributed by atoms with E-state index in [9.17, 15) is 4.79 Å². The van der Waals surface area contributed by atoms with Crippen LogP contribution in [0.2, 0.25) is 0 Å². The molecule has 1 aromatic heterocycles. The molecule has 3 rings (SSSR count). The molecule has 0 radical (unpaired) electrons. The molecule has 158 valence electrons. The van der Waals surface area contributed by atoms with Crippen LogP contribution in [0.5, 0.6) is 0 Å². The summed E-state index contributed by atoms with van der Waals surface area (Å²) in [6.45, 7) is 3.43. The van der Waals surface area contributed by atoms with Crippen molar-refractivity contribution in [3.63, 3.8) is 0 Å². The van der Waals surface area contributed by atoms with Crippen LogP contribution in [-0.2, 0) is 17.8 Å². The Kier molecular flexibility index (Phi) is 8.68. The van der Waals surface area contributed by atoms with Crippen molar-refractivity contribution in [1.29, 1.82) is 0 Å². The van der Waals surface area contributed by atoms with Crippen LogP contribution < -0.4 is 10.6 Å². The molecular formula is C23H34N4O2. The molecule has 29 heavy (non-hydrogen) atoms. The fraction of sp³-hybridized carbons (Fsp3) is 0.609. The molecule has 0 bridgehead atoms. The maximum Gasteiger partial charge on any atom is 0.246 e. The van der Waals surface area contributed by atoms with Crippen molar-refractivity contribution in [3.05, 3.63) is 35.7 Å². The standard InChI is InChI=1S/C23H34N4O2/c1-2-3-4-5-6-7-8-9-10-18-11-13-19(14-12-18)22-26-21(29-27-22)17-25-23(28)20-15-16-24-20/h11-14,20,24H,2-10,15-17H2,1H3,(H,25,28)/t20-/m0/s1. The summed E-state index contributed by atoms with van der Waals surface area (Å²) in [7, 11) is 0. The maximum atomic E-state index is 11.8. The predicted octanol–water partition coefficient (Wildman–Crippen LogP) is 4.40. The van der Waals surface area contributed by atoms with Crippen LogP contribution in [0.3, 0.4) is 0 Å². The Bertz CT molecular complexity index is 738. The van der Waals surface area contributed by atoms with Gasteiger partial charge in [0.05, 0.1) is 12.6 Å². The number of hydrogen-bond donors (Lipinski definition) is 2. The first kappa shape index (κ1) is 21.5. The summed E-state index contributed by atoms with van der Waals surface area (Å²) >= 11 is 0. The van der Waals surface area contributed by atoms with Gasteiger partial charge in [-0.05, 0) is 31.4 Å². The number of aryl methyl sites for hydroxylation is 1. The van der Waals surface area contributed by atoms with Crippen LogP contribution in [0.1, 0.15) is 76.2 Å². The number of nitrogens with one attached hydrogen (secondary N) is 2. The fourth-order valence-corrected chi connectivity index (χ4v) is 3.53. The second-order valence-electron chi connectivity index (χ2n) is 7.95. The topological polar surface area (TPSA) is 80.0 Å². The molecule has 0 spiro atoms. The van der Waals surface area contributed by atoms with Gasteiger partial charge in [0.2, 0.25) is 17.6 Å². The lowest BCUT2D eigenvalue weighted by Gasteiger charge is -2.25. The average Bonchev–Trinajstić information content (AvgIpc) is 3.17. The monoisotopic (exact) mass is 398 g/mol. The Morgan fingerprint density at radius 1 is 1.10 bits per heavy atom. The minimum Gasteiger partial charge on any atom is -0.346 e. The molecule has 2 N–H and O–H groups in total. The van der Waals surface area contributed by atoms with Gasteiger partial charge in [-0.2, -0.15) is 4.98 Å². The van der Waals surface area contributed by atoms with Crippen molar-refractivity contribution in [2.24, 2.45) is 0 Å². The molecule has 1 atom stereocenters. The molecule has 0 saturated carbocycles. The third kappa shape index (κ3) is 6.96. The molecular weight excluding hydrogens is 364 g/mol. The third-order valence-electron chi connectivity index (χ3n) is 5.55. The van der Waals surface area contributed by atoms with E-state index in [1.165, 1.54) is 56.9 Å². The van der Waals surface area contributed by atoms with E-state index in [-0.39, 0.29) is 18.5 Å². The smallest absolute Gasteiger partial charge is 0.246 e. The Balaban J connectivity index is 1.36. The van der Waals surface area contributed by atoms with Crippen LogP contribution in [0, 0.1) is 0 Å². The number of carbonyl (C=O) groups excluding carboxylic acids is 1. The Morgan fingerprint density at radius 3 is 2.45 bits per heavy atom. The molecule has 1 aliphatic heterocycles. The van der Waals surface area contributed by atoms with Crippen molar-refractivity contribution in [3.8, 4) is 11.4 Å². The zero-order chi connectivity index (χ0) is 20.3. The number of benzene rings is 1. The highest BCUT2D eigenvalue weighted by atomic mass is 16.5. The van der Waals surface area contributed by atoms with Gasteiger partial charge in [0, 0.05) is 5.56 Å². The second kappa shape index (κ2) is 11.7. The van der Waals surface area contributed by atoms with Crippen molar-refractivity contribution in [1.82, 2.24) is 20.8 Å². The number of aromatic nitrogens is 2. The Labute approximate surface area is 173 Å². The van der Waals surface area contributed by atoms with E-state index in [0.29, 0.717) is 11.7 Å². The molecule has 2 heterocycles. The summed E-state index contributed by atoms with van der Waals surface area (Å²) in [5, 5.41) is 9.93. The fourth-order valence-electron chi connectivity index (χ4n) is 3.53. The molecule has 0 unspecified atom stereocenters. The minimum absolute atomic E-state index is 0.0127. The summed E-state index contributed by atoms with van der Waals surface area (Å²) in [5.41, 5.74) is 2.29. The molecule has 1 aromatic carbocycles. The van der Waals surface area contributed by atoms with E-state index in [2.05, 4.69) is 39.8 Å². The van der Waals surface area contributed by atoms with Crippen LogP contribution in [0.15, 0.2) is 28.8 Å². The van der Waals surface area contributed by atoms with Crippen molar-refractivity contribution >= 4 is 5.91 Å². The minimum atomic E-state index is -0.0778. The van der Waals surface area contributed by atoms with E-state index in [1.54, 1.807) is 0 Å². The van der Waals surface area contributed by atoms with E-state index in [4.69, 9.17) is 4.52 Å². The Hall–Kier alpha value is -2.21. The number of amides is 1. The molecule has 6 nitrogen and oxygen atoms in total. The molecule has 1 aliphatic rings. The van der Waals surface area contributed by atoms with Gasteiger partial charge in [0.15, 0.2) is 0 Å². The van der Waals surface area contributed by atoms with Crippen LogP contribution in [0.25, 0.3) is 11.4 Å². The second-order valence-corrected chi connectivity index (χ2v) is 7.95. The quantitative estimate of drug-likeness (QED) is 0.489. The zero-order valence-corrected chi connectivity index (χ0v) is 17.6. The predicted molar refractivity (Wildman–Crippen MR) is 114 cm³/mol. The summed E-state index contributed by atoms with van der Waals surface area (Å²) in [6.07, 6.45) is 12.7. The van der Waals surface area contributed by atoms with Crippen molar-refractivity contribution < 1.29 is 9.32 Å². The van der Waals surface area contributed by atoms with Gasteiger partial charge in [0.25, 0.3) is 0 Å². The summed E-state index contributed by atoms with van der Waals surface area (Å²) in [4.78, 5) is 16.2. The van der Waals surface area contributed by atoms with Gasteiger partial charge < -0.3 is 15.2 Å². The average molecular weight is 399 g/mol. The third-order valence-corrected chi connectivity index (χ3v) is 5.55. The van der Waals surface area contributed by atoms with E-state index >= 15 is 0 Å².